The van der Waals surface area contributed by atoms with Crippen LogP contribution in [0, 0.1) is 23.7 Å². The smallest absolute Gasteiger partial charge is 0.425 e. The molecule has 0 spiro atoms. The fraction of sp³-hybridized carbons (Fsp3) is 0.786. The number of carboxylic acids is 1. The van der Waals surface area contributed by atoms with Gasteiger partial charge in [0.05, 0.1) is 18.9 Å². The number of aliphatic carboxylic acids is 1. The first-order chi connectivity index (χ1) is 9.86. The van der Waals surface area contributed by atoms with E-state index in [0.29, 0.717) is 0 Å². The molecule has 118 valence electrons. The Bertz CT molecular complexity index is 451. The monoisotopic (exact) mass is 298 g/mol. The van der Waals surface area contributed by atoms with Gasteiger partial charge in [-0.05, 0) is 44.9 Å². The summed E-state index contributed by atoms with van der Waals surface area (Å²) in [5, 5.41) is 10.6. The lowest BCUT2D eigenvalue weighted by Crippen LogP contribution is -2.54. The van der Waals surface area contributed by atoms with E-state index in [4.69, 9.17) is 0 Å². The van der Waals surface area contributed by atoms with E-state index in [1.54, 1.807) is 13.8 Å². The van der Waals surface area contributed by atoms with Crippen LogP contribution >= 0.6 is 0 Å². The Morgan fingerprint density at radius 2 is 1.76 bits per heavy atom. The maximum Gasteiger partial charge on any atom is 0.425 e. The number of methoxy groups -OCH3 is 1. The van der Waals surface area contributed by atoms with Crippen molar-refractivity contribution >= 4 is 18.0 Å². The summed E-state index contributed by atoms with van der Waals surface area (Å²) in [5.74, 6) is -2.26. The molecule has 3 unspecified atom stereocenters. The topological polar surface area (TPSA) is 95.9 Å². The number of nitrogens with one attached hydrogen (secondary N) is 1. The molecule has 2 amide bonds. The van der Waals surface area contributed by atoms with Gasteiger partial charge in [-0.25, -0.2) is 15.2 Å². The Morgan fingerprint density at radius 3 is 2.24 bits per heavy atom. The van der Waals surface area contributed by atoms with E-state index in [2.05, 4.69) is 10.2 Å². The van der Waals surface area contributed by atoms with Crippen LogP contribution in [0.4, 0.5) is 4.79 Å². The van der Waals surface area contributed by atoms with Crippen LogP contribution in [0.25, 0.3) is 0 Å². The minimum absolute atomic E-state index is 0.0774. The second-order valence-electron chi connectivity index (χ2n) is 6.13. The van der Waals surface area contributed by atoms with Crippen molar-refractivity contribution in [3.8, 4) is 0 Å². The number of hydrogen-bond donors (Lipinski definition) is 2. The van der Waals surface area contributed by atoms with Gasteiger partial charge in [0.2, 0.25) is 5.91 Å². The van der Waals surface area contributed by atoms with Gasteiger partial charge >= 0.3 is 12.1 Å². The van der Waals surface area contributed by atoms with Crippen LogP contribution in [0.3, 0.4) is 0 Å². The van der Waals surface area contributed by atoms with Gasteiger partial charge in [-0.3, -0.25) is 9.59 Å². The number of rotatable bonds is 3. The van der Waals surface area contributed by atoms with Crippen LogP contribution in [-0.2, 0) is 14.3 Å². The molecule has 0 saturated heterocycles. The highest BCUT2D eigenvalue weighted by Gasteiger charge is 2.55. The van der Waals surface area contributed by atoms with Crippen LogP contribution in [-0.4, -0.2) is 41.2 Å². The van der Waals surface area contributed by atoms with Crippen LogP contribution in [0.15, 0.2) is 0 Å². The van der Waals surface area contributed by atoms with E-state index in [1.165, 1.54) is 12.1 Å². The third-order valence-corrected chi connectivity index (χ3v) is 4.64. The second-order valence-corrected chi connectivity index (χ2v) is 6.13. The predicted octanol–water partition coefficient (Wildman–Crippen LogP) is 1.24. The summed E-state index contributed by atoms with van der Waals surface area (Å²) in [5.41, 5.74) is 2.39. The van der Waals surface area contributed by atoms with E-state index in [1.807, 2.05) is 0 Å². The molecule has 7 heteroatoms. The largest absolute Gasteiger partial charge is 0.481 e. The summed E-state index contributed by atoms with van der Waals surface area (Å²) < 4.78 is 4.52. The molecule has 2 rings (SSSR count). The van der Waals surface area contributed by atoms with Crippen LogP contribution < -0.4 is 5.43 Å². The number of amides is 2. The van der Waals surface area contributed by atoms with Crippen molar-refractivity contribution in [3.63, 3.8) is 0 Å². The Labute approximate surface area is 123 Å². The first-order valence-corrected chi connectivity index (χ1v) is 7.27. The molecule has 2 saturated carbocycles. The minimum Gasteiger partial charge on any atom is -0.481 e. The number of ether oxygens (including phenoxy) is 1. The summed E-state index contributed by atoms with van der Waals surface area (Å²) >= 11 is 0. The summed E-state index contributed by atoms with van der Waals surface area (Å²) in [4.78, 5) is 35.6. The minimum atomic E-state index is -0.915. The Hall–Kier alpha value is -1.79. The Kier molecular flexibility index (Phi) is 4.39. The molecular formula is C14H22N2O5. The van der Waals surface area contributed by atoms with Gasteiger partial charge in [-0.1, -0.05) is 0 Å². The van der Waals surface area contributed by atoms with Crippen molar-refractivity contribution < 1.29 is 24.2 Å². The lowest BCUT2D eigenvalue weighted by Gasteiger charge is -2.34. The molecule has 2 fully saturated rings. The summed E-state index contributed by atoms with van der Waals surface area (Å²) in [6.07, 6.45) is 1.82. The molecule has 0 aromatic rings. The zero-order valence-electron chi connectivity index (χ0n) is 12.5. The number of nitrogens with zero attached hydrogens (tertiary/aromatic N) is 1. The molecule has 2 aliphatic carbocycles. The molecule has 4 atom stereocenters. The molecule has 2 bridgehead atoms. The SMILES string of the molecule is COC(=O)NN(C(=O)C1C2CCC(C2)[C@@H]1C(=O)O)C(C)C. The lowest BCUT2D eigenvalue weighted by atomic mass is 9.78. The molecule has 0 aromatic carbocycles. The van der Waals surface area contributed by atoms with Crippen molar-refractivity contribution in [2.45, 2.75) is 39.2 Å². The fourth-order valence-electron chi connectivity index (χ4n) is 3.75. The van der Waals surface area contributed by atoms with E-state index in [-0.39, 0.29) is 23.8 Å². The third kappa shape index (κ3) is 2.82. The number of carboxylic acid groups (broad SMARTS) is 1. The van der Waals surface area contributed by atoms with Gasteiger partial charge in [0.1, 0.15) is 0 Å². The highest BCUT2D eigenvalue weighted by Crippen LogP contribution is 2.52. The van der Waals surface area contributed by atoms with Crippen LogP contribution in [0.2, 0.25) is 0 Å². The van der Waals surface area contributed by atoms with Crippen molar-refractivity contribution in [2.24, 2.45) is 23.7 Å². The molecular weight excluding hydrogens is 276 g/mol. The van der Waals surface area contributed by atoms with Gasteiger partial charge in [0, 0.05) is 6.04 Å². The molecule has 0 aromatic heterocycles. The maximum absolute atomic E-state index is 12.7. The van der Waals surface area contributed by atoms with Crippen LogP contribution in [0.5, 0.6) is 0 Å². The van der Waals surface area contributed by atoms with Gasteiger partial charge in [0.25, 0.3) is 0 Å². The zero-order chi connectivity index (χ0) is 15.7. The van der Waals surface area contributed by atoms with Gasteiger partial charge in [-0.2, -0.15) is 0 Å². The number of hydrogen-bond acceptors (Lipinski definition) is 4. The summed E-state index contributed by atoms with van der Waals surface area (Å²) in [7, 11) is 1.22. The van der Waals surface area contributed by atoms with E-state index in [0.717, 1.165) is 19.3 Å². The molecule has 21 heavy (non-hydrogen) atoms. The molecule has 0 radical (unpaired) electrons. The van der Waals surface area contributed by atoms with Crippen molar-refractivity contribution in [2.75, 3.05) is 7.11 Å². The molecule has 2 N–H and O–H groups in total. The second kappa shape index (κ2) is 5.91. The first kappa shape index (κ1) is 15.6. The number of fused-ring (bicyclic) bond motifs is 2. The lowest BCUT2D eigenvalue weighted by molar-refractivity contribution is -0.155. The Morgan fingerprint density at radius 1 is 1.19 bits per heavy atom. The highest BCUT2D eigenvalue weighted by molar-refractivity contribution is 5.87. The van der Waals surface area contributed by atoms with E-state index < -0.39 is 23.9 Å². The number of carbonyl (C=O) groups is 3. The van der Waals surface area contributed by atoms with Gasteiger partial charge in [-0.15, -0.1) is 0 Å². The van der Waals surface area contributed by atoms with Gasteiger partial charge < -0.3 is 9.84 Å². The zero-order valence-corrected chi connectivity index (χ0v) is 12.5. The maximum atomic E-state index is 12.7. The Balaban J connectivity index is 2.19. The van der Waals surface area contributed by atoms with Crippen molar-refractivity contribution in [1.29, 1.82) is 0 Å². The average molecular weight is 298 g/mol. The molecule has 2 aliphatic rings. The van der Waals surface area contributed by atoms with Gasteiger partial charge in [0.15, 0.2) is 0 Å². The predicted molar refractivity (Wildman–Crippen MR) is 73.0 cm³/mol. The van der Waals surface area contributed by atoms with Crippen LogP contribution in [0.1, 0.15) is 33.1 Å². The third-order valence-electron chi connectivity index (χ3n) is 4.64. The average Bonchev–Trinajstić information content (AvgIpc) is 3.03. The van der Waals surface area contributed by atoms with Crippen molar-refractivity contribution in [3.05, 3.63) is 0 Å². The number of hydrazine groups is 1. The fourth-order valence-corrected chi connectivity index (χ4v) is 3.75. The van der Waals surface area contributed by atoms with E-state index in [9.17, 15) is 19.5 Å². The van der Waals surface area contributed by atoms with E-state index >= 15 is 0 Å². The summed E-state index contributed by atoms with van der Waals surface area (Å²) in [6.45, 7) is 3.52. The molecule has 0 aliphatic heterocycles. The molecule has 0 heterocycles. The van der Waals surface area contributed by atoms with Crippen molar-refractivity contribution in [1.82, 2.24) is 10.4 Å². The highest BCUT2D eigenvalue weighted by atomic mass is 16.5. The number of carbonyl (C=O) groups excluding carboxylic acids is 2. The molecule has 7 nitrogen and oxygen atoms in total. The first-order valence-electron chi connectivity index (χ1n) is 7.27. The quantitative estimate of drug-likeness (QED) is 0.764. The summed E-state index contributed by atoms with van der Waals surface area (Å²) in [6, 6.07) is -0.273. The standard InChI is InChI=1S/C14H22N2O5/c1-7(2)16(15-14(20)21-3)12(17)10-8-4-5-9(6-8)11(10)13(18)19/h7-11H,4-6H2,1-3H3,(H,15,20)(H,18,19)/t8?,9?,10?,11-/m0/s1. The normalized spacial score (nSPS) is 30.3.